The van der Waals surface area contributed by atoms with Crippen molar-refractivity contribution in [1.29, 1.82) is 0 Å². The summed E-state index contributed by atoms with van der Waals surface area (Å²) in [5.74, 6) is 5.00. The Hall–Kier alpha value is -0.450. The Morgan fingerprint density at radius 1 is 1.73 bits per heavy atom. The molecule has 0 aliphatic carbocycles. The molecule has 0 bridgehead atoms. The van der Waals surface area contributed by atoms with Crippen LogP contribution < -0.4 is 5.90 Å². The Balaban J connectivity index is 2.73. The first-order chi connectivity index (χ1) is 5.17. The summed E-state index contributed by atoms with van der Waals surface area (Å²) >= 11 is 1.62. The van der Waals surface area contributed by atoms with Crippen molar-refractivity contribution < 1.29 is 4.84 Å². The van der Waals surface area contributed by atoms with Crippen molar-refractivity contribution in [2.24, 2.45) is 5.90 Å². The first kappa shape index (κ1) is 8.64. The summed E-state index contributed by atoms with van der Waals surface area (Å²) in [5.41, 5.74) is -0.0666. The number of nitrogens with two attached hydrogens (primary N) is 1. The highest BCUT2D eigenvalue weighted by atomic mass is 32.1. The Labute approximate surface area is 70.2 Å². The number of aromatic nitrogens is 1. The third-order valence-corrected chi connectivity index (χ3v) is 2.59. The van der Waals surface area contributed by atoms with Crippen molar-refractivity contribution in [2.75, 3.05) is 6.61 Å². The zero-order valence-corrected chi connectivity index (χ0v) is 7.52. The number of nitrogens with zero attached hydrogens (tertiary/aromatic N) is 1. The Morgan fingerprint density at radius 3 is 2.91 bits per heavy atom. The second kappa shape index (κ2) is 3.30. The fraction of sp³-hybridized carbons (Fsp3) is 0.571. The molecule has 0 aliphatic rings. The minimum absolute atomic E-state index is 0.0666. The molecule has 0 saturated heterocycles. The van der Waals surface area contributed by atoms with Gasteiger partial charge >= 0.3 is 0 Å². The van der Waals surface area contributed by atoms with Crippen LogP contribution in [-0.2, 0) is 10.3 Å². The maximum atomic E-state index is 5.00. The predicted octanol–water partition coefficient (Wildman–Crippen LogP) is 1.31. The van der Waals surface area contributed by atoms with Crippen molar-refractivity contribution in [3.63, 3.8) is 0 Å². The second-order valence-corrected chi connectivity index (χ2v) is 3.93. The second-order valence-electron chi connectivity index (χ2n) is 3.03. The SMILES string of the molecule is CC(C)(CON)c1nccs1. The molecule has 11 heavy (non-hydrogen) atoms. The lowest BCUT2D eigenvalue weighted by atomic mass is 9.96. The highest BCUT2D eigenvalue weighted by Gasteiger charge is 2.23. The topological polar surface area (TPSA) is 48.1 Å². The fourth-order valence-electron chi connectivity index (χ4n) is 0.828. The zero-order valence-electron chi connectivity index (χ0n) is 6.70. The molecule has 3 nitrogen and oxygen atoms in total. The Bertz CT molecular complexity index is 208. The standard InChI is InChI=1S/C7H12N2OS/c1-7(2,5-10-8)6-9-3-4-11-6/h3-4H,5,8H2,1-2H3. The van der Waals surface area contributed by atoms with Gasteiger partial charge in [-0.05, 0) is 0 Å². The van der Waals surface area contributed by atoms with Gasteiger partial charge in [-0.15, -0.1) is 11.3 Å². The van der Waals surface area contributed by atoms with Gasteiger partial charge in [0.15, 0.2) is 0 Å². The highest BCUT2D eigenvalue weighted by molar-refractivity contribution is 7.09. The summed E-state index contributed by atoms with van der Waals surface area (Å²) in [7, 11) is 0. The third kappa shape index (κ3) is 1.99. The summed E-state index contributed by atoms with van der Waals surface area (Å²) in [5, 5.41) is 3.01. The van der Waals surface area contributed by atoms with Gasteiger partial charge in [0.25, 0.3) is 0 Å². The monoisotopic (exact) mass is 172 g/mol. The van der Waals surface area contributed by atoms with E-state index in [1.165, 1.54) is 0 Å². The summed E-state index contributed by atoms with van der Waals surface area (Å²) in [6.07, 6.45) is 1.79. The van der Waals surface area contributed by atoms with Crippen molar-refractivity contribution in [3.8, 4) is 0 Å². The van der Waals surface area contributed by atoms with E-state index < -0.39 is 0 Å². The summed E-state index contributed by atoms with van der Waals surface area (Å²) in [4.78, 5) is 8.79. The van der Waals surface area contributed by atoms with Crippen LogP contribution in [0.3, 0.4) is 0 Å². The van der Waals surface area contributed by atoms with Crippen LogP contribution >= 0.6 is 11.3 Å². The van der Waals surface area contributed by atoms with Crippen molar-refractivity contribution in [3.05, 3.63) is 16.6 Å². The molecule has 1 rings (SSSR count). The van der Waals surface area contributed by atoms with Gasteiger partial charge in [-0.2, -0.15) is 0 Å². The molecule has 0 fully saturated rings. The fourth-order valence-corrected chi connectivity index (χ4v) is 1.58. The van der Waals surface area contributed by atoms with Gasteiger partial charge in [0.05, 0.1) is 6.61 Å². The van der Waals surface area contributed by atoms with E-state index in [0.717, 1.165) is 5.01 Å². The van der Waals surface area contributed by atoms with Crippen LogP contribution in [0.1, 0.15) is 18.9 Å². The van der Waals surface area contributed by atoms with E-state index in [9.17, 15) is 0 Å². The first-order valence-electron chi connectivity index (χ1n) is 3.38. The van der Waals surface area contributed by atoms with Gasteiger partial charge in [-0.25, -0.2) is 10.9 Å². The minimum atomic E-state index is -0.0666. The van der Waals surface area contributed by atoms with Crippen molar-refractivity contribution >= 4 is 11.3 Å². The lowest BCUT2D eigenvalue weighted by Crippen LogP contribution is -2.25. The average molecular weight is 172 g/mol. The lowest BCUT2D eigenvalue weighted by Gasteiger charge is -2.19. The van der Waals surface area contributed by atoms with Crippen LogP contribution in [0.4, 0.5) is 0 Å². The Kier molecular flexibility index (Phi) is 2.59. The van der Waals surface area contributed by atoms with Crippen LogP contribution in [0, 0.1) is 0 Å². The van der Waals surface area contributed by atoms with Crippen LogP contribution in [0.25, 0.3) is 0 Å². The van der Waals surface area contributed by atoms with E-state index in [1.807, 2.05) is 5.38 Å². The molecule has 1 aromatic heterocycles. The first-order valence-corrected chi connectivity index (χ1v) is 4.26. The summed E-state index contributed by atoms with van der Waals surface area (Å²) in [6.45, 7) is 4.61. The molecule has 0 atom stereocenters. The van der Waals surface area contributed by atoms with E-state index in [0.29, 0.717) is 6.61 Å². The average Bonchev–Trinajstić information content (AvgIpc) is 2.37. The van der Waals surface area contributed by atoms with E-state index in [-0.39, 0.29) is 5.41 Å². The lowest BCUT2D eigenvalue weighted by molar-refractivity contribution is 0.0963. The van der Waals surface area contributed by atoms with Gasteiger partial charge in [0, 0.05) is 17.0 Å². The number of hydrogen-bond donors (Lipinski definition) is 1. The Morgan fingerprint density at radius 2 is 2.45 bits per heavy atom. The molecule has 0 spiro atoms. The van der Waals surface area contributed by atoms with E-state index in [1.54, 1.807) is 17.5 Å². The maximum absolute atomic E-state index is 5.00. The van der Waals surface area contributed by atoms with Gasteiger partial charge in [0.2, 0.25) is 0 Å². The van der Waals surface area contributed by atoms with Crippen LogP contribution in [0.15, 0.2) is 11.6 Å². The molecule has 0 unspecified atom stereocenters. The largest absolute Gasteiger partial charge is 0.304 e. The van der Waals surface area contributed by atoms with E-state index >= 15 is 0 Å². The van der Waals surface area contributed by atoms with Crippen molar-refractivity contribution in [1.82, 2.24) is 4.98 Å². The molecule has 0 aliphatic heterocycles. The highest BCUT2D eigenvalue weighted by Crippen LogP contribution is 2.24. The molecular weight excluding hydrogens is 160 g/mol. The molecule has 0 saturated carbocycles. The maximum Gasteiger partial charge on any atom is 0.100 e. The van der Waals surface area contributed by atoms with Gasteiger partial charge < -0.3 is 4.84 Å². The van der Waals surface area contributed by atoms with Crippen LogP contribution in [-0.4, -0.2) is 11.6 Å². The molecule has 0 amide bonds. The molecule has 0 aromatic carbocycles. The third-order valence-electron chi connectivity index (χ3n) is 1.46. The van der Waals surface area contributed by atoms with Gasteiger partial charge in [0.1, 0.15) is 5.01 Å². The van der Waals surface area contributed by atoms with E-state index in [2.05, 4.69) is 23.7 Å². The van der Waals surface area contributed by atoms with Crippen LogP contribution in [0.5, 0.6) is 0 Å². The minimum Gasteiger partial charge on any atom is -0.304 e. The zero-order chi connectivity index (χ0) is 8.32. The summed E-state index contributed by atoms with van der Waals surface area (Å²) < 4.78 is 0. The number of hydrogen-bond acceptors (Lipinski definition) is 4. The van der Waals surface area contributed by atoms with Crippen molar-refractivity contribution in [2.45, 2.75) is 19.3 Å². The molecule has 4 heteroatoms. The quantitative estimate of drug-likeness (QED) is 0.699. The molecule has 1 heterocycles. The predicted molar refractivity (Wildman–Crippen MR) is 45.3 cm³/mol. The molecule has 62 valence electrons. The van der Waals surface area contributed by atoms with Gasteiger partial charge in [-0.3, -0.25) is 0 Å². The number of rotatable bonds is 3. The smallest absolute Gasteiger partial charge is 0.100 e. The molecule has 2 N–H and O–H groups in total. The molecular formula is C7H12N2OS. The number of thiazole rings is 1. The van der Waals surface area contributed by atoms with Crippen LogP contribution in [0.2, 0.25) is 0 Å². The normalized spacial score (nSPS) is 11.9. The van der Waals surface area contributed by atoms with E-state index in [4.69, 9.17) is 5.90 Å². The summed E-state index contributed by atoms with van der Waals surface area (Å²) in [6, 6.07) is 0. The van der Waals surface area contributed by atoms with Gasteiger partial charge in [-0.1, -0.05) is 13.8 Å². The molecule has 0 radical (unpaired) electrons. The molecule has 1 aromatic rings.